The summed E-state index contributed by atoms with van der Waals surface area (Å²) >= 11 is 0. The molecule has 0 saturated heterocycles. The number of carboxylic acid groups (broad SMARTS) is 1. The summed E-state index contributed by atoms with van der Waals surface area (Å²) in [5, 5.41) is 12.0. The predicted octanol–water partition coefficient (Wildman–Crippen LogP) is 1.24. The maximum atomic E-state index is 11.4. The Morgan fingerprint density at radius 2 is 2.05 bits per heavy atom. The second-order valence-corrected chi connectivity index (χ2v) is 6.71. The van der Waals surface area contributed by atoms with Gasteiger partial charge in [0.25, 0.3) is 0 Å². The van der Waals surface area contributed by atoms with E-state index < -0.39 is 15.8 Å². The molecule has 7 heteroatoms. The molecule has 0 amide bonds. The molecule has 1 aromatic heterocycles. The SMILES string of the molecule is CCS(=O)(=O)CCNc1cc(C)nc(C)c1C(=O)O. The molecule has 1 aromatic rings. The number of carboxylic acids is 1. The van der Waals surface area contributed by atoms with Gasteiger partial charge in [-0.3, -0.25) is 4.98 Å². The van der Waals surface area contributed by atoms with Crippen LogP contribution in [0.5, 0.6) is 0 Å². The third-order valence-electron chi connectivity index (χ3n) is 2.71. The van der Waals surface area contributed by atoms with E-state index in [4.69, 9.17) is 5.11 Å². The Balaban J connectivity index is 2.92. The zero-order valence-electron chi connectivity index (χ0n) is 11.2. The van der Waals surface area contributed by atoms with Crippen LogP contribution in [-0.2, 0) is 9.84 Å². The van der Waals surface area contributed by atoms with Crippen molar-refractivity contribution in [3.05, 3.63) is 23.0 Å². The number of aryl methyl sites for hydroxylation is 2. The van der Waals surface area contributed by atoms with Gasteiger partial charge in [-0.1, -0.05) is 6.92 Å². The van der Waals surface area contributed by atoms with Crippen LogP contribution in [0.4, 0.5) is 5.69 Å². The average Bonchev–Trinajstić information content (AvgIpc) is 2.27. The summed E-state index contributed by atoms with van der Waals surface area (Å²) in [6.07, 6.45) is 0. The molecule has 0 bridgehead atoms. The van der Waals surface area contributed by atoms with Crippen LogP contribution in [0.15, 0.2) is 6.07 Å². The topological polar surface area (TPSA) is 96.4 Å². The number of nitrogens with one attached hydrogen (secondary N) is 1. The first-order valence-electron chi connectivity index (χ1n) is 5.92. The van der Waals surface area contributed by atoms with Crippen molar-refractivity contribution in [3.63, 3.8) is 0 Å². The third-order valence-corrected chi connectivity index (χ3v) is 4.42. The highest BCUT2D eigenvalue weighted by molar-refractivity contribution is 7.91. The van der Waals surface area contributed by atoms with E-state index in [0.29, 0.717) is 17.1 Å². The van der Waals surface area contributed by atoms with E-state index in [1.165, 1.54) is 0 Å². The van der Waals surface area contributed by atoms with Gasteiger partial charge in [0.15, 0.2) is 9.84 Å². The lowest BCUT2D eigenvalue weighted by atomic mass is 10.1. The van der Waals surface area contributed by atoms with Gasteiger partial charge in [-0.2, -0.15) is 0 Å². The zero-order chi connectivity index (χ0) is 14.6. The summed E-state index contributed by atoms with van der Waals surface area (Å²) < 4.78 is 22.7. The van der Waals surface area contributed by atoms with Crippen molar-refractivity contribution in [1.82, 2.24) is 4.98 Å². The largest absolute Gasteiger partial charge is 0.478 e. The summed E-state index contributed by atoms with van der Waals surface area (Å²) in [5.74, 6) is -1.02. The van der Waals surface area contributed by atoms with Crippen molar-refractivity contribution in [1.29, 1.82) is 0 Å². The fraction of sp³-hybridized carbons (Fsp3) is 0.500. The van der Waals surface area contributed by atoms with Crippen molar-refractivity contribution in [2.24, 2.45) is 0 Å². The minimum absolute atomic E-state index is 0.0248. The van der Waals surface area contributed by atoms with Gasteiger partial charge in [-0.25, -0.2) is 13.2 Å². The first-order chi connectivity index (χ1) is 8.76. The lowest BCUT2D eigenvalue weighted by Crippen LogP contribution is -2.19. The number of carbonyl (C=O) groups is 1. The third kappa shape index (κ3) is 4.20. The van der Waals surface area contributed by atoms with Crippen molar-refractivity contribution in [3.8, 4) is 0 Å². The van der Waals surface area contributed by atoms with Crippen molar-refractivity contribution < 1.29 is 18.3 Å². The van der Waals surface area contributed by atoms with Crippen molar-refractivity contribution in [2.45, 2.75) is 20.8 Å². The number of hydrogen-bond donors (Lipinski definition) is 2. The lowest BCUT2D eigenvalue weighted by Gasteiger charge is -2.12. The van der Waals surface area contributed by atoms with Crippen LogP contribution in [0.2, 0.25) is 0 Å². The number of pyridine rings is 1. The summed E-state index contributed by atoms with van der Waals surface area (Å²) in [7, 11) is -3.07. The van der Waals surface area contributed by atoms with Crippen LogP contribution in [0.1, 0.15) is 28.7 Å². The summed E-state index contributed by atoms with van der Waals surface area (Å²) in [4.78, 5) is 15.3. The maximum absolute atomic E-state index is 11.4. The molecule has 0 saturated carbocycles. The standard InChI is InChI=1S/C12H18N2O4S/c1-4-19(17,18)6-5-13-10-7-8(2)14-9(3)11(10)12(15)16/h7H,4-6H2,1-3H3,(H,13,14)(H,15,16). The number of nitrogens with zero attached hydrogens (tertiary/aromatic N) is 1. The minimum Gasteiger partial charge on any atom is -0.478 e. The van der Waals surface area contributed by atoms with E-state index >= 15 is 0 Å². The molecule has 2 N–H and O–H groups in total. The average molecular weight is 286 g/mol. The van der Waals surface area contributed by atoms with E-state index in [1.54, 1.807) is 26.8 Å². The highest BCUT2D eigenvalue weighted by Gasteiger charge is 2.16. The molecule has 0 aliphatic rings. The Bertz CT molecular complexity index is 582. The molecule has 0 spiro atoms. The highest BCUT2D eigenvalue weighted by Crippen LogP contribution is 2.19. The van der Waals surface area contributed by atoms with Crippen LogP contribution in [0.3, 0.4) is 0 Å². The molecule has 1 heterocycles. The fourth-order valence-corrected chi connectivity index (χ4v) is 2.43. The Morgan fingerprint density at radius 3 is 2.58 bits per heavy atom. The number of sulfone groups is 1. The quantitative estimate of drug-likeness (QED) is 0.817. The van der Waals surface area contributed by atoms with E-state index in [2.05, 4.69) is 10.3 Å². The van der Waals surface area contributed by atoms with Gasteiger partial charge < -0.3 is 10.4 Å². The minimum atomic E-state index is -3.07. The van der Waals surface area contributed by atoms with Gasteiger partial charge in [0.05, 0.1) is 17.1 Å². The molecular formula is C12H18N2O4S. The summed E-state index contributed by atoms with van der Waals surface area (Å²) in [5.41, 5.74) is 1.58. The van der Waals surface area contributed by atoms with Gasteiger partial charge in [-0.15, -0.1) is 0 Å². The molecule has 6 nitrogen and oxygen atoms in total. The van der Waals surface area contributed by atoms with E-state index in [-0.39, 0.29) is 23.6 Å². The van der Waals surface area contributed by atoms with Crippen LogP contribution < -0.4 is 5.32 Å². The number of anilines is 1. The molecule has 0 fully saturated rings. The lowest BCUT2D eigenvalue weighted by molar-refractivity contribution is 0.0696. The van der Waals surface area contributed by atoms with Gasteiger partial charge >= 0.3 is 5.97 Å². The number of aromatic carboxylic acids is 1. The van der Waals surface area contributed by atoms with E-state index in [9.17, 15) is 13.2 Å². The molecule has 0 aliphatic heterocycles. The second-order valence-electron chi connectivity index (χ2n) is 4.24. The molecule has 0 aliphatic carbocycles. The molecular weight excluding hydrogens is 268 g/mol. The second kappa shape index (κ2) is 6.01. The predicted molar refractivity (Wildman–Crippen MR) is 73.5 cm³/mol. The molecule has 1 rings (SSSR count). The molecule has 0 aromatic carbocycles. The zero-order valence-corrected chi connectivity index (χ0v) is 12.0. The number of aromatic nitrogens is 1. The van der Waals surface area contributed by atoms with Gasteiger partial charge in [0, 0.05) is 18.0 Å². The van der Waals surface area contributed by atoms with E-state index in [0.717, 1.165) is 0 Å². The van der Waals surface area contributed by atoms with Crippen LogP contribution in [-0.4, -0.2) is 42.5 Å². The van der Waals surface area contributed by atoms with Crippen molar-refractivity contribution >= 4 is 21.5 Å². The normalized spacial score (nSPS) is 11.3. The highest BCUT2D eigenvalue weighted by atomic mass is 32.2. The fourth-order valence-electron chi connectivity index (χ4n) is 1.72. The molecule has 0 atom stereocenters. The maximum Gasteiger partial charge on any atom is 0.339 e. The van der Waals surface area contributed by atoms with Crippen LogP contribution >= 0.6 is 0 Å². The van der Waals surface area contributed by atoms with Crippen molar-refractivity contribution in [2.75, 3.05) is 23.4 Å². The monoisotopic (exact) mass is 286 g/mol. The summed E-state index contributed by atoms with van der Waals surface area (Å²) in [6.45, 7) is 5.13. The molecule has 0 unspecified atom stereocenters. The van der Waals surface area contributed by atoms with Gasteiger partial charge in [0.2, 0.25) is 0 Å². The molecule has 19 heavy (non-hydrogen) atoms. The molecule has 0 radical (unpaired) electrons. The Kier molecular flexibility index (Phi) is 4.88. The smallest absolute Gasteiger partial charge is 0.339 e. The van der Waals surface area contributed by atoms with Gasteiger partial charge in [-0.05, 0) is 19.9 Å². The van der Waals surface area contributed by atoms with E-state index in [1.807, 2.05) is 0 Å². The van der Waals surface area contributed by atoms with Gasteiger partial charge in [0.1, 0.15) is 5.56 Å². The Hall–Kier alpha value is -1.63. The summed E-state index contributed by atoms with van der Waals surface area (Å²) in [6, 6.07) is 1.61. The Labute approximate surface area is 112 Å². The van der Waals surface area contributed by atoms with Crippen LogP contribution in [0, 0.1) is 13.8 Å². The first-order valence-corrected chi connectivity index (χ1v) is 7.75. The number of hydrogen-bond acceptors (Lipinski definition) is 5. The first kappa shape index (κ1) is 15.4. The Morgan fingerprint density at radius 1 is 1.42 bits per heavy atom. The molecule has 106 valence electrons. The van der Waals surface area contributed by atoms with Crippen LogP contribution in [0.25, 0.3) is 0 Å². The number of rotatable bonds is 6.